The van der Waals surface area contributed by atoms with Crippen LogP contribution in [0, 0.1) is 5.92 Å². The van der Waals surface area contributed by atoms with E-state index in [2.05, 4.69) is 18.0 Å². The molecule has 1 heteroatoms. The zero-order valence-corrected chi connectivity index (χ0v) is 6.77. The Hall–Kier alpha value is -0.300. The van der Waals surface area contributed by atoms with Crippen LogP contribution >= 0.6 is 0 Å². The number of hydrogen-bond acceptors (Lipinski definition) is 1. The number of nitrogens with one attached hydrogen (secondary N) is 1. The van der Waals surface area contributed by atoms with E-state index in [-0.39, 0.29) is 0 Å². The first-order chi connectivity index (χ1) is 4.88. The standard InChI is InChI=1S/C9H17N/c1-3-8-6-4-5-7-9(8)10-2/h3,8-10H,1,4-7H2,2H3/t8-,9-/m1/s1. The van der Waals surface area contributed by atoms with E-state index in [4.69, 9.17) is 0 Å². The molecule has 0 amide bonds. The predicted molar refractivity (Wildman–Crippen MR) is 45.0 cm³/mol. The molecule has 2 atom stereocenters. The van der Waals surface area contributed by atoms with Crippen LogP contribution in [0.4, 0.5) is 0 Å². The molecule has 1 saturated carbocycles. The van der Waals surface area contributed by atoms with Crippen LogP contribution in [0.25, 0.3) is 0 Å². The Morgan fingerprint density at radius 2 is 2.10 bits per heavy atom. The lowest BCUT2D eigenvalue weighted by molar-refractivity contribution is 0.322. The van der Waals surface area contributed by atoms with Crippen LogP contribution in [0.5, 0.6) is 0 Å². The minimum Gasteiger partial charge on any atom is -0.316 e. The third-order valence-corrected chi connectivity index (χ3v) is 2.49. The molecule has 0 unspecified atom stereocenters. The van der Waals surface area contributed by atoms with E-state index in [1.165, 1.54) is 25.7 Å². The van der Waals surface area contributed by atoms with E-state index in [1.54, 1.807) is 0 Å². The Balaban J connectivity index is 2.41. The summed E-state index contributed by atoms with van der Waals surface area (Å²) in [6.45, 7) is 3.84. The lowest BCUT2D eigenvalue weighted by Crippen LogP contribution is -2.34. The maximum atomic E-state index is 3.84. The Morgan fingerprint density at radius 3 is 2.60 bits per heavy atom. The maximum Gasteiger partial charge on any atom is 0.0127 e. The molecule has 1 nitrogen and oxygen atoms in total. The zero-order chi connectivity index (χ0) is 7.40. The average Bonchev–Trinajstić information content (AvgIpc) is 2.04. The Morgan fingerprint density at radius 1 is 1.40 bits per heavy atom. The molecule has 0 saturated heterocycles. The van der Waals surface area contributed by atoms with Crippen molar-refractivity contribution in [1.82, 2.24) is 5.32 Å². The molecular formula is C9H17N. The third-order valence-electron chi connectivity index (χ3n) is 2.49. The second-order valence-electron chi connectivity index (χ2n) is 3.08. The van der Waals surface area contributed by atoms with E-state index in [9.17, 15) is 0 Å². The highest BCUT2D eigenvalue weighted by atomic mass is 14.9. The largest absolute Gasteiger partial charge is 0.316 e. The molecule has 1 rings (SSSR count). The van der Waals surface area contributed by atoms with Gasteiger partial charge >= 0.3 is 0 Å². The van der Waals surface area contributed by atoms with Crippen molar-refractivity contribution in [3.8, 4) is 0 Å². The average molecular weight is 139 g/mol. The normalized spacial score (nSPS) is 33.7. The first-order valence-corrected chi connectivity index (χ1v) is 4.18. The van der Waals surface area contributed by atoms with E-state index in [0.717, 1.165) is 5.92 Å². The summed E-state index contributed by atoms with van der Waals surface area (Å²) in [7, 11) is 2.05. The highest BCUT2D eigenvalue weighted by Gasteiger charge is 2.19. The minimum atomic E-state index is 0.700. The van der Waals surface area contributed by atoms with Gasteiger partial charge in [-0.3, -0.25) is 0 Å². The van der Waals surface area contributed by atoms with Gasteiger partial charge in [0.1, 0.15) is 0 Å². The molecule has 0 spiro atoms. The molecule has 1 aliphatic carbocycles. The van der Waals surface area contributed by atoms with Crippen LogP contribution in [0.2, 0.25) is 0 Å². The Labute approximate surface area is 63.5 Å². The van der Waals surface area contributed by atoms with Gasteiger partial charge in [0.05, 0.1) is 0 Å². The van der Waals surface area contributed by atoms with Crippen LogP contribution in [0.3, 0.4) is 0 Å². The summed E-state index contributed by atoms with van der Waals surface area (Å²) in [6.07, 6.45) is 7.52. The number of rotatable bonds is 2. The van der Waals surface area contributed by atoms with Gasteiger partial charge in [-0.1, -0.05) is 18.9 Å². The van der Waals surface area contributed by atoms with Gasteiger partial charge in [-0.2, -0.15) is 0 Å². The van der Waals surface area contributed by atoms with Crippen molar-refractivity contribution in [3.63, 3.8) is 0 Å². The maximum absolute atomic E-state index is 3.84. The summed E-state index contributed by atoms with van der Waals surface area (Å²) in [5, 5.41) is 3.33. The molecule has 1 fully saturated rings. The molecule has 0 heterocycles. The molecule has 58 valence electrons. The van der Waals surface area contributed by atoms with Gasteiger partial charge in [0, 0.05) is 6.04 Å². The van der Waals surface area contributed by atoms with Crippen LogP contribution in [-0.4, -0.2) is 13.1 Å². The van der Waals surface area contributed by atoms with E-state index in [0.29, 0.717) is 6.04 Å². The molecule has 0 bridgehead atoms. The fourth-order valence-electron chi connectivity index (χ4n) is 1.80. The fourth-order valence-corrected chi connectivity index (χ4v) is 1.80. The van der Waals surface area contributed by atoms with Gasteiger partial charge in [0.2, 0.25) is 0 Å². The smallest absolute Gasteiger partial charge is 0.0127 e. The quantitative estimate of drug-likeness (QED) is 0.577. The van der Waals surface area contributed by atoms with Gasteiger partial charge in [-0.05, 0) is 25.8 Å². The van der Waals surface area contributed by atoms with Crippen molar-refractivity contribution < 1.29 is 0 Å². The van der Waals surface area contributed by atoms with Crippen molar-refractivity contribution >= 4 is 0 Å². The summed E-state index contributed by atoms with van der Waals surface area (Å²) in [5.41, 5.74) is 0. The SMILES string of the molecule is C=C[C@@H]1CCCC[C@H]1NC. The lowest BCUT2D eigenvalue weighted by atomic mass is 9.85. The third kappa shape index (κ3) is 1.60. The van der Waals surface area contributed by atoms with Crippen LogP contribution < -0.4 is 5.32 Å². The highest BCUT2D eigenvalue weighted by molar-refractivity contribution is 4.90. The second-order valence-corrected chi connectivity index (χ2v) is 3.08. The summed E-state index contributed by atoms with van der Waals surface area (Å²) in [6, 6.07) is 0.700. The first kappa shape index (κ1) is 7.80. The fraction of sp³-hybridized carbons (Fsp3) is 0.778. The second kappa shape index (κ2) is 3.77. The summed E-state index contributed by atoms with van der Waals surface area (Å²) >= 11 is 0. The van der Waals surface area contributed by atoms with Gasteiger partial charge in [0.25, 0.3) is 0 Å². The lowest BCUT2D eigenvalue weighted by Gasteiger charge is -2.28. The van der Waals surface area contributed by atoms with Crippen molar-refractivity contribution in [1.29, 1.82) is 0 Å². The topological polar surface area (TPSA) is 12.0 Å². The zero-order valence-electron chi connectivity index (χ0n) is 6.77. The molecule has 0 aromatic rings. The predicted octanol–water partition coefficient (Wildman–Crippen LogP) is 1.95. The Kier molecular flexibility index (Phi) is 2.94. The molecule has 0 radical (unpaired) electrons. The summed E-state index contributed by atoms with van der Waals surface area (Å²) in [4.78, 5) is 0. The highest BCUT2D eigenvalue weighted by Crippen LogP contribution is 2.24. The van der Waals surface area contributed by atoms with Crippen molar-refractivity contribution in [2.45, 2.75) is 31.7 Å². The van der Waals surface area contributed by atoms with Gasteiger partial charge in [-0.15, -0.1) is 6.58 Å². The molecule has 0 aliphatic heterocycles. The minimum absolute atomic E-state index is 0.700. The summed E-state index contributed by atoms with van der Waals surface area (Å²) in [5.74, 6) is 0.721. The van der Waals surface area contributed by atoms with Crippen LogP contribution in [0.15, 0.2) is 12.7 Å². The van der Waals surface area contributed by atoms with Crippen molar-refractivity contribution in [2.24, 2.45) is 5.92 Å². The first-order valence-electron chi connectivity index (χ1n) is 4.18. The Bertz CT molecular complexity index is 109. The molecule has 1 aliphatic rings. The molecule has 10 heavy (non-hydrogen) atoms. The van der Waals surface area contributed by atoms with Crippen molar-refractivity contribution in [3.05, 3.63) is 12.7 Å². The van der Waals surface area contributed by atoms with Crippen LogP contribution in [-0.2, 0) is 0 Å². The molecular weight excluding hydrogens is 122 g/mol. The summed E-state index contributed by atoms with van der Waals surface area (Å²) < 4.78 is 0. The van der Waals surface area contributed by atoms with Gasteiger partial charge in [-0.25, -0.2) is 0 Å². The van der Waals surface area contributed by atoms with E-state index in [1.807, 2.05) is 7.05 Å². The molecule has 0 aromatic carbocycles. The van der Waals surface area contributed by atoms with E-state index >= 15 is 0 Å². The van der Waals surface area contributed by atoms with Gasteiger partial charge < -0.3 is 5.32 Å². The van der Waals surface area contributed by atoms with Crippen LogP contribution in [0.1, 0.15) is 25.7 Å². The van der Waals surface area contributed by atoms with E-state index < -0.39 is 0 Å². The monoisotopic (exact) mass is 139 g/mol. The van der Waals surface area contributed by atoms with Crippen molar-refractivity contribution in [2.75, 3.05) is 7.05 Å². The molecule has 0 aromatic heterocycles. The molecule has 1 N–H and O–H groups in total. The number of hydrogen-bond donors (Lipinski definition) is 1. The van der Waals surface area contributed by atoms with Gasteiger partial charge in [0.15, 0.2) is 0 Å².